The summed E-state index contributed by atoms with van der Waals surface area (Å²) in [5, 5.41) is 5.05. The maximum atomic E-state index is 13.4. The number of thioether (sulfide) groups is 1. The first kappa shape index (κ1) is 21.8. The van der Waals surface area contributed by atoms with Crippen LogP contribution in [0, 0.1) is 5.82 Å². The second kappa shape index (κ2) is 9.48. The minimum atomic E-state index is -0.335. The number of aromatic nitrogens is 4. The van der Waals surface area contributed by atoms with Crippen LogP contribution >= 0.6 is 11.8 Å². The van der Waals surface area contributed by atoms with Crippen molar-refractivity contribution in [2.75, 3.05) is 7.11 Å². The Bertz CT molecular complexity index is 1520. The van der Waals surface area contributed by atoms with Gasteiger partial charge in [-0.3, -0.25) is 9.36 Å². The minimum absolute atomic E-state index is 0.142. The third-order valence-corrected chi connectivity index (χ3v) is 6.20. The van der Waals surface area contributed by atoms with E-state index in [1.807, 2.05) is 42.5 Å². The van der Waals surface area contributed by atoms with Gasteiger partial charge in [-0.05, 0) is 42.5 Å². The van der Waals surface area contributed by atoms with E-state index in [1.54, 1.807) is 29.9 Å². The number of nitrogens with zero attached hydrogens (tertiary/aromatic N) is 4. The third kappa shape index (κ3) is 4.42. The van der Waals surface area contributed by atoms with Crippen LogP contribution in [0.25, 0.3) is 22.3 Å². The van der Waals surface area contributed by atoms with Gasteiger partial charge in [-0.15, -0.1) is 0 Å². The average molecular weight is 475 g/mol. The van der Waals surface area contributed by atoms with Gasteiger partial charge < -0.3 is 9.26 Å². The van der Waals surface area contributed by atoms with E-state index in [0.29, 0.717) is 51.4 Å². The number of hydrogen-bond acceptors (Lipinski definition) is 7. The van der Waals surface area contributed by atoms with Crippen molar-refractivity contribution in [1.82, 2.24) is 19.7 Å². The number of para-hydroxylation sites is 2. The van der Waals surface area contributed by atoms with Gasteiger partial charge in [-0.25, -0.2) is 9.37 Å². The molecule has 0 saturated carbocycles. The number of halogens is 1. The lowest BCUT2D eigenvalue weighted by atomic mass is 10.2. The number of ether oxygens (including phenoxy) is 1. The van der Waals surface area contributed by atoms with E-state index < -0.39 is 0 Å². The molecular formula is C25H19FN4O3S. The molecule has 7 nitrogen and oxygen atoms in total. The van der Waals surface area contributed by atoms with Gasteiger partial charge >= 0.3 is 0 Å². The molecule has 0 N–H and O–H groups in total. The number of fused-ring (bicyclic) bond motifs is 1. The molecule has 3 aromatic carbocycles. The van der Waals surface area contributed by atoms with Crippen molar-refractivity contribution in [2.24, 2.45) is 0 Å². The Hall–Kier alpha value is -3.98. The highest BCUT2D eigenvalue weighted by Crippen LogP contribution is 2.26. The van der Waals surface area contributed by atoms with E-state index in [4.69, 9.17) is 14.2 Å². The van der Waals surface area contributed by atoms with Crippen molar-refractivity contribution in [3.05, 3.63) is 100 Å². The zero-order chi connectivity index (χ0) is 23.5. The summed E-state index contributed by atoms with van der Waals surface area (Å²) >= 11 is 1.33. The van der Waals surface area contributed by atoms with Crippen LogP contribution in [0.15, 0.2) is 87.3 Å². The summed E-state index contributed by atoms with van der Waals surface area (Å²) in [7, 11) is 1.60. The number of rotatable bonds is 7. The van der Waals surface area contributed by atoms with Gasteiger partial charge in [0.05, 0.1) is 30.3 Å². The average Bonchev–Trinajstić information content (AvgIpc) is 3.34. The molecule has 2 heterocycles. The van der Waals surface area contributed by atoms with Gasteiger partial charge in [0.25, 0.3) is 5.56 Å². The highest BCUT2D eigenvalue weighted by atomic mass is 32.2. The summed E-state index contributed by atoms with van der Waals surface area (Å²) in [6, 6.07) is 20.7. The predicted molar refractivity (Wildman–Crippen MR) is 127 cm³/mol. The normalized spacial score (nSPS) is 11.1. The molecule has 9 heteroatoms. The lowest BCUT2D eigenvalue weighted by molar-refractivity contribution is 0.391. The molecular weight excluding hydrogens is 455 g/mol. The summed E-state index contributed by atoms with van der Waals surface area (Å²) in [5.74, 6) is 1.41. The van der Waals surface area contributed by atoms with Gasteiger partial charge in [-0.1, -0.05) is 47.3 Å². The number of benzene rings is 3. The van der Waals surface area contributed by atoms with Crippen molar-refractivity contribution in [1.29, 1.82) is 0 Å². The molecule has 2 aromatic heterocycles. The monoisotopic (exact) mass is 474 g/mol. The van der Waals surface area contributed by atoms with E-state index in [9.17, 15) is 9.18 Å². The fourth-order valence-electron chi connectivity index (χ4n) is 3.56. The molecule has 0 aliphatic heterocycles. The molecule has 5 rings (SSSR count). The molecule has 0 atom stereocenters. The maximum Gasteiger partial charge on any atom is 0.262 e. The van der Waals surface area contributed by atoms with Crippen LogP contribution in [-0.2, 0) is 12.3 Å². The molecule has 170 valence electrons. The minimum Gasteiger partial charge on any atom is -0.496 e. The molecule has 0 aliphatic carbocycles. The van der Waals surface area contributed by atoms with E-state index >= 15 is 0 Å². The molecule has 0 amide bonds. The zero-order valence-electron chi connectivity index (χ0n) is 18.1. The first-order chi connectivity index (χ1) is 16.6. The van der Waals surface area contributed by atoms with Crippen molar-refractivity contribution < 1.29 is 13.7 Å². The molecule has 0 unspecified atom stereocenters. The molecule has 0 aliphatic rings. The quantitative estimate of drug-likeness (QED) is 0.244. The maximum absolute atomic E-state index is 13.4. The number of methoxy groups -OCH3 is 1. The van der Waals surface area contributed by atoms with Crippen LogP contribution in [0.4, 0.5) is 4.39 Å². The fourth-order valence-corrected chi connectivity index (χ4v) is 4.39. The van der Waals surface area contributed by atoms with Crippen LogP contribution in [0.1, 0.15) is 11.5 Å². The summed E-state index contributed by atoms with van der Waals surface area (Å²) in [6.07, 6.45) is 0. The molecule has 0 spiro atoms. The Labute approximate surface area is 198 Å². The van der Waals surface area contributed by atoms with E-state index in [-0.39, 0.29) is 11.4 Å². The second-order valence-electron chi connectivity index (χ2n) is 7.42. The van der Waals surface area contributed by atoms with Crippen LogP contribution in [0.2, 0.25) is 0 Å². The van der Waals surface area contributed by atoms with Crippen molar-refractivity contribution in [2.45, 2.75) is 17.5 Å². The zero-order valence-corrected chi connectivity index (χ0v) is 19.0. The Balaban J connectivity index is 1.47. The van der Waals surface area contributed by atoms with Gasteiger partial charge in [0.15, 0.2) is 5.16 Å². The molecule has 5 aromatic rings. The van der Waals surface area contributed by atoms with Crippen molar-refractivity contribution in [3.8, 4) is 17.1 Å². The van der Waals surface area contributed by atoms with Crippen LogP contribution < -0.4 is 10.3 Å². The van der Waals surface area contributed by atoms with Crippen LogP contribution in [0.3, 0.4) is 0 Å². The Morgan fingerprint density at radius 2 is 1.76 bits per heavy atom. The summed E-state index contributed by atoms with van der Waals surface area (Å²) in [4.78, 5) is 22.5. The molecule has 0 saturated heterocycles. The van der Waals surface area contributed by atoms with E-state index in [2.05, 4.69) is 10.1 Å². The van der Waals surface area contributed by atoms with Crippen LogP contribution in [-0.4, -0.2) is 26.8 Å². The molecule has 0 bridgehead atoms. The second-order valence-corrected chi connectivity index (χ2v) is 8.36. The number of hydrogen-bond donors (Lipinski definition) is 0. The first-order valence-electron chi connectivity index (χ1n) is 10.4. The standard InChI is InChI=1S/C25H19FN4O3S/c1-32-21-9-5-2-6-17(21)14-30-24(31)19-7-3-4-8-20(19)27-25(30)34-15-22-28-23(29-33-22)16-10-12-18(26)13-11-16/h2-13H,14-15H2,1H3. The van der Waals surface area contributed by atoms with Crippen molar-refractivity contribution in [3.63, 3.8) is 0 Å². The Morgan fingerprint density at radius 3 is 2.59 bits per heavy atom. The van der Waals surface area contributed by atoms with Gasteiger partial charge in [0, 0.05) is 11.1 Å². The van der Waals surface area contributed by atoms with Gasteiger partial charge in [-0.2, -0.15) is 4.98 Å². The molecule has 0 fully saturated rings. The van der Waals surface area contributed by atoms with Crippen molar-refractivity contribution >= 4 is 22.7 Å². The lowest BCUT2D eigenvalue weighted by Crippen LogP contribution is -2.24. The highest BCUT2D eigenvalue weighted by Gasteiger charge is 2.16. The van der Waals surface area contributed by atoms with Crippen LogP contribution in [0.5, 0.6) is 5.75 Å². The largest absolute Gasteiger partial charge is 0.496 e. The summed E-state index contributed by atoms with van der Waals surface area (Å²) < 4.78 is 25.7. The first-order valence-corrected chi connectivity index (χ1v) is 11.4. The molecule has 0 radical (unpaired) electrons. The molecule has 34 heavy (non-hydrogen) atoms. The lowest BCUT2D eigenvalue weighted by Gasteiger charge is -2.14. The predicted octanol–water partition coefficient (Wildman–Crippen LogP) is 4.93. The summed E-state index contributed by atoms with van der Waals surface area (Å²) in [6.45, 7) is 0.299. The topological polar surface area (TPSA) is 83.0 Å². The van der Waals surface area contributed by atoms with E-state index in [1.165, 1.54) is 23.9 Å². The SMILES string of the molecule is COc1ccccc1Cn1c(SCc2nc(-c3ccc(F)cc3)no2)nc2ccccc2c1=O. The third-order valence-electron chi connectivity index (χ3n) is 5.24. The van der Waals surface area contributed by atoms with Gasteiger partial charge in [0.2, 0.25) is 11.7 Å². The summed E-state index contributed by atoms with van der Waals surface area (Å²) in [5.41, 5.74) is 1.99. The Kier molecular flexibility index (Phi) is 6.09. The van der Waals surface area contributed by atoms with Gasteiger partial charge in [0.1, 0.15) is 11.6 Å². The van der Waals surface area contributed by atoms with E-state index in [0.717, 1.165) is 5.56 Å². The Morgan fingerprint density at radius 1 is 1.00 bits per heavy atom. The highest BCUT2D eigenvalue weighted by molar-refractivity contribution is 7.98. The fraction of sp³-hybridized carbons (Fsp3) is 0.120. The smallest absolute Gasteiger partial charge is 0.262 e.